The lowest BCUT2D eigenvalue weighted by Gasteiger charge is -1.96. The number of rotatable bonds is 2. The first kappa shape index (κ1) is 9.23. The molecule has 64 valence electrons. The van der Waals surface area contributed by atoms with Crippen LogP contribution in [0.5, 0.6) is 0 Å². The zero-order valence-electron chi connectivity index (χ0n) is 6.43. The maximum absolute atomic E-state index is 12.7. The highest BCUT2D eigenvalue weighted by molar-refractivity contribution is 6.32. The van der Waals surface area contributed by atoms with Crippen molar-refractivity contribution in [3.05, 3.63) is 40.7 Å². The van der Waals surface area contributed by atoms with Gasteiger partial charge in [-0.2, -0.15) is 0 Å². The fourth-order valence-corrected chi connectivity index (χ4v) is 1.02. The molecule has 0 spiro atoms. The highest BCUT2D eigenvalue weighted by Gasteiger charge is 1.96. The monoisotopic (exact) mass is 185 g/mol. The van der Waals surface area contributed by atoms with E-state index in [2.05, 4.69) is 0 Å². The smallest absolute Gasteiger partial charge is 0.123 e. The molecular formula is C9H9ClFN. The summed E-state index contributed by atoms with van der Waals surface area (Å²) in [5.41, 5.74) is 5.90. The molecule has 0 saturated heterocycles. The Hall–Kier alpha value is -0.860. The van der Waals surface area contributed by atoms with Crippen molar-refractivity contribution < 1.29 is 4.39 Å². The number of hydrogen-bond donors (Lipinski definition) is 1. The van der Waals surface area contributed by atoms with Crippen LogP contribution in [0.1, 0.15) is 5.56 Å². The quantitative estimate of drug-likeness (QED) is 0.753. The molecule has 3 heteroatoms. The van der Waals surface area contributed by atoms with Gasteiger partial charge in [0.15, 0.2) is 0 Å². The Morgan fingerprint density at radius 1 is 1.50 bits per heavy atom. The van der Waals surface area contributed by atoms with E-state index in [9.17, 15) is 4.39 Å². The van der Waals surface area contributed by atoms with Crippen LogP contribution in [0, 0.1) is 5.82 Å². The minimum atomic E-state index is -0.295. The Balaban J connectivity index is 2.97. The Morgan fingerprint density at radius 3 is 2.92 bits per heavy atom. The van der Waals surface area contributed by atoms with Crippen LogP contribution < -0.4 is 5.73 Å². The molecule has 2 N–H and O–H groups in total. The van der Waals surface area contributed by atoms with Crippen molar-refractivity contribution in [1.82, 2.24) is 0 Å². The topological polar surface area (TPSA) is 26.0 Å². The van der Waals surface area contributed by atoms with Gasteiger partial charge in [-0.05, 0) is 23.8 Å². The van der Waals surface area contributed by atoms with E-state index in [1.54, 1.807) is 12.2 Å². The Labute approximate surface area is 75.6 Å². The first-order valence-electron chi connectivity index (χ1n) is 3.55. The fraction of sp³-hybridized carbons (Fsp3) is 0.111. The maximum atomic E-state index is 12.7. The van der Waals surface area contributed by atoms with Crippen LogP contribution >= 0.6 is 11.6 Å². The third-order valence-electron chi connectivity index (χ3n) is 1.39. The standard InChI is InChI=1S/C9H9ClFN/c10-9-4-3-8(11)6-7(9)2-1-5-12/h1-4,6H,5,12H2/b2-1+. The van der Waals surface area contributed by atoms with Crippen LogP contribution in [0.25, 0.3) is 6.08 Å². The number of hydrogen-bond acceptors (Lipinski definition) is 1. The van der Waals surface area contributed by atoms with E-state index >= 15 is 0 Å². The summed E-state index contributed by atoms with van der Waals surface area (Å²) in [5.74, 6) is -0.295. The molecule has 0 saturated carbocycles. The molecule has 0 atom stereocenters. The average molecular weight is 186 g/mol. The number of halogens is 2. The van der Waals surface area contributed by atoms with E-state index in [0.29, 0.717) is 17.1 Å². The Bertz CT molecular complexity index is 297. The van der Waals surface area contributed by atoms with Gasteiger partial charge < -0.3 is 5.73 Å². The van der Waals surface area contributed by atoms with Crippen LogP contribution in [-0.4, -0.2) is 6.54 Å². The van der Waals surface area contributed by atoms with Gasteiger partial charge in [-0.25, -0.2) is 4.39 Å². The zero-order chi connectivity index (χ0) is 8.97. The molecule has 0 radical (unpaired) electrons. The van der Waals surface area contributed by atoms with Gasteiger partial charge in [-0.15, -0.1) is 0 Å². The predicted octanol–water partition coefficient (Wildman–Crippen LogP) is 2.45. The lowest BCUT2D eigenvalue weighted by atomic mass is 10.2. The molecule has 0 bridgehead atoms. The summed E-state index contributed by atoms with van der Waals surface area (Å²) in [7, 11) is 0. The molecular weight excluding hydrogens is 177 g/mol. The van der Waals surface area contributed by atoms with Crippen LogP contribution in [0.3, 0.4) is 0 Å². The van der Waals surface area contributed by atoms with Crippen LogP contribution in [0.15, 0.2) is 24.3 Å². The lowest BCUT2D eigenvalue weighted by Crippen LogP contribution is -1.92. The molecule has 0 aliphatic heterocycles. The van der Waals surface area contributed by atoms with Gasteiger partial charge in [0, 0.05) is 11.6 Å². The van der Waals surface area contributed by atoms with E-state index in [1.165, 1.54) is 18.2 Å². The van der Waals surface area contributed by atoms with Crippen LogP contribution in [0.2, 0.25) is 5.02 Å². The second kappa shape index (κ2) is 4.24. The van der Waals surface area contributed by atoms with E-state index in [4.69, 9.17) is 17.3 Å². The number of nitrogens with two attached hydrogens (primary N) is 1. The van der Waals surface area contributed by atoms with Crippen molar-refractivity contribution in [1.29, 1.82) is 0 Å². The summed E-state index contributed by atoms with van der Waals surface area (Å²) in [6, 6.07) is 4.21. The molecule has 0 aromatic heterocycles. The molecule has 1 rings (SSSR count). The molecule has 12 heavy (non-hydrogen) atoms. The minimum Gasteiger partial charge on any atom is -0.327 e. The summed E-state index contributed by atoms with van der Waals surface area (Å²) in [6.07, 6.45) is 3.42. The molecule has 1 aromatic carbocycles. The predicted molar refractivity (Wildman–Crippen MR) is 49.5 cm³/mol. The van der Waals surface area contributed by atoms with Gasteiger partial charge in [-0.3, -0.25) is 0 Å². The Kier molecular flexibility index (Phi) is 3.26. The molecule has 0 fully saturated rings. The molecule has 0 unspecified atom stereocenters. The van der Waals surface area contributed by atoms with Gasteiger partial charge in [0.1, 0.15) is 5.82 Å². The third-order valence-corrected chi connectivity index (χ3v) is 1.74. The SMILES string of the molecule is NC/C=C/c1cc(F)ccc1Cl. The second-order valence-electron chi connectivity index (χ2n) is 2.30. The molecule has 0 heterocycles. The first-order chi connectivity index (χ1) is 5.74. The first-order valence-corrected chi connectivity index (χ1v) is 3.93. The van der Waals surface area contributed by atoms with Crippen molar-refractivity contribution in [2.75, 3.05) is 6.54 Å². The minimum absolute atomic E-state index is 0.295. The van der Waals surface area contributed by atoms with Crippen molar-refractivity contribution in [2.24, 2.45) is 5.73 Å². The van der Waals surface area contributed by atoms with Crippen molar-refractivity contribution in [3.8, 4) is 0 Å². The average Bonchev–Trinajstić information content (AvgIpc) is 2.07. The summed E-state index contributed by atoms with van der Waals surface area (Å²) >= 11 is 5.77. The normalized spacial score (nSPS) is 10.9. The van der Waals surface area contributed by atoms with E-state index < -0.39 is 0 Å². The van der Waals surface area contributed by atoms with E-state index in [1.807, 2.05) is 0 Å². The molecule has 1 aromatic rings. The summed E-state index contributed by atoms with van der Waals surface area (Å²) in [6.45, 7) is 0.423. The van der Waals surface area contributed by atoms with Crippen LogP contribution in [0.4, 0.5) is 4.39 Å². The highest BCUT2D eigenvalue weighted by Crippen LogP contribution is 2.17. The van der Waals surface area contributed by atoms with Crippen LogP contribution in [-0.2, 0) is 0 Å². The van der Waals surface area contributed by atoms with E-state index in [-0.39, 0.29) is 5.82 Å². The van der Waals surface area contributed by atoms with Gasteiger partial charge in [0.25, 0.3) is 0 Å². The summed E-state index contributed by atoms with van der Waals surface area (Å²) in [5, 5.41) is 0.529. The number of benzene rings is 1. The van der Waals surface area contributed by atoms with Gasteiger partial charge in [0.05, 0.1) is 0 Å². The summed E-state index contributed by atoms with van der Waals surface area (Å²) in [4.78, 5) is 0. The molecule has 0 amide bonds. The lowest BCUT2D eigenvalue weighted by molar-refractivity contribution is 0.627. The van der Waals surface area contributed by atoms with Crippen molar-refractivity contribution >= 4 is 17.7 Å². The highest BCUT2D eigenvalue weighted by atomic mass is 35.5. The van der Waals surface area contributed by atoms with Gasteiger partial charge >= 0.3 is 0 Å². The molecule has 1 nitrogen and oxygen atoms in total. The molecule has 0 aliphatic rings. The van der Waals surface area contributed by atoms with Crippen molar-refractivity contribution in [2.45, 2.75) is 0 Å². The summed E-state index contributed by atoms with van der Waals surface area (Å²) < 4.78 is 12.7. The fourth-order valence-electron chi connectivity index (χ4n) is 0.837. The molecule has 0 aliphatic carbocycles. The van der Waals surface area contributed by atoms with Crippen molar-refractivity contribution in [3.63, 3.8) is 0 Å². The third kappa shape index (κ3) is 2.32. The van der Waals surface area contributed by atoms with Gasteiger partial charge in [0.2, 0.25) is 0 Å². The maximum Gasteiger partial charge on any atom is 0.123 e. The van der Waals surface area contributed by atoms with Gasteiger partial charge in [-0.1, -0.05) is 23.8 Å². The Morgan fingerprint density at radius 2 is 2.25 bits per heavy atom. The van der Waals surface area contributed by atoms with E-state index in [0.717, 1.165) is 0 Å². The second-order valence-corrected chi connectivity index (χ2v) is 2.71. The largest absolute Gasteiger partial charge is 0.327 e. The zero-order valence-corrected chi connectivity index (χ0v) is 7.18.